The molecule has 0 spiro atoms. The number of rotatable bonds is 2. The van der Waals surface area contributed by atoms with Crippen LogP contribution in [-0.2, 0) is 0 Å². The van der Waals surface area contributed by atoms with Gasteiger partial charge in [0.1, 0.15) is 5.82 Å². The highest BCUT2D eigenvalue weighted by Crippen LogP contribution is 2.22. The molecule has 3 N–H and O–H groups in total. The maximum atomic E-state index is 11.9. The van der Waals surface area contributed by atoms with Gasteiger partial charge in [-0.05, 0) is 57.2 Å². The Labute approximate surface area is 135 Å². The maximum Gasteiger partial charge on any atom is 0.319 e. The molecule has 0 fully saturated rings. The average Bonchev–Trinajstić information content (AvgIpc) is 2.89. The number of aromatic nitrogens is 2. The fraction of sp³-hybridized carbons (Fsp3) is 0.222. The van der Waals surface area contributed by atoms with E-state index in [1.165, 1.54) is 0 Å². The first-order valence-corrected chi connectivity index (χ1v) is 7.55. The van der Waals surface area contributed by atoms with Crippen LogP contribution in [0.2, 0.25) is 0 Å². The van der Waals surface area contributed by atoms with Crippen molar-refractivity contribution in [1.29, 1.82) is 0 Å². The number of nitrogens with one attached hydrogen (secondary N) is 3. The van der Waals surface area contributed by atoms with E-state index in [2.05, 4.69) is 20.6 Å². The molecule has 5 heteroatoms. The van der Waals surface area contributed by atoms with Crippen molar-refractivity contribution in [3.63, 3.8) is 0 Å². The SMILES string of the molecule is CC(C)(C)NC(=O)Nc1ccc(-c2nc3ccccc3[nH]2)cc1. The van der Waals surface area contributed by atoms with Gasteiger partial charge in [0, 0.05) is 16.8 Å². The number of para-hydroxylation sites is 2. The average molecular weight is 308 g/mol. The van der Waals surface area contributed by atoms with E-state index >= 15 is 0 Å². The van der Waals surface area contributed by atoms with Crippen molar-refractivity contribution < 1.29 is 4.79 Å². The number of hydrogen-bond donors (Lipinski definition) is 3. The van der Waals surface area contributed by atoms with Crippen LogP contribution in [0.15, 0.2) is 48.5 Å². The lowest BCUT2D eigenvalue weighted by Gasteiger charge is -2.20. The first-order valence-electron chi connectivity index (χ1n) is 7.55. The summed E-state index contributed by atoms with van der Waals surface area (Å²) in [5.41, 5.74) is 3.40. The Balaban J connectivity index is 1.75. The van der Waals surface area contributed by atoms with E-state index < -0.39 is 0 Å². The van der Waals surface area contributed by atoms with Gasteiger partial charge in [-0.2, -0.15) is 0 Å². The molecule has 118 valence electrons. The van der Waals surface area contributed by atoms with E-state index in [4.69, 9.17) is 0 Å². The first-order chi connectivity index (χ1) is 10.9. The quantitative estimate of drug-likeness (QED) is 0.665. The Hall–Kier alpha value is -2.82. The molecule has 2 aromatic carbocycles. The summed E-state index contributed by atoms with van der Waals surface area (Å²) >= 11 is 0. The maximum absolute atomic E-state index is 11.9. The van der Waals surface area contributed by atoms with Gasteiger partial charge in [-0.15, -0.1) is 0 Å². The lowest BCUT2D eigenvalue weighted by molar-refractivity contribution is 0.244. The summed E-state index contributed by atoms with van der Waals surface area (Å²) in [6.07, 6.45) is 0. The highest BCUT2D eigenvalue weighted by atomic mass is 16.2. The van der Waals surface area contributed by atoms with Crippen LogP contribution in [0.1, 0.15) is 20.8 Å². The third-order valence-corrected chi connectivity index (χ3v) is 3.29. The number of benzene rings is 2. The van der Waals surface area contributed by atoms with Gasteiger partial charge in [0.25, 0.3) is 0 Å². The number of nitrogens with zero attached hydrogens (tertiary/aromatic N) is 1. The number of urea groups is 1. The molecule has 1 heterocycles. The lowest BCUT2D eigenvalue weighted by atomic mass is 10.1. The van der Waals surface area contributed by atoms with Crippen molar-refractivity contribution in [3.8, 4) is 11.4 Å². The van der Waals surface area contributed by atoms with E-state index in [1.54, 1.807) is 0 Å². The Bertz CT molecular complexity index is 795. The van der Waals surface area contributed by atoms with Gasteiger partial charge in [-0.25, -0.2) is 9.78 Å². The third-order valence-electron chi connectivity index (χ3n) is 3.29. The molecule has 23 heavy (non-hydrogen) atoms. The molecule has 3 aromatic rings. The molecule has 0 saturated heterocycles. The van der Waals surface area contributed by atoms with Crippen LogP contribution >= 0.6 is 0 Å². The molecule has 0 aliphatic carbocycles. The van der Waals surface area contributed by atoms with Crippen LogP contribution in [0.5, 0.6) is 0 Å². The zero-order valence-electron chi connectivity index (χ0n) is 13.5. The molecular formula is C18H20N4O. The summed E-state index contributed by atoms with van der Waals surface area (Å²) in [5, 5.41) is 5.69. The van der Waals surface area contributed by atoms with Crippen molar-refractivity contribution in [3.05, 3.63) is 48.5 Å². The van der Waals surface area contributed by atoms with Gasteiger partial charge in [0.05, 0.1) is 11.0 Å². The monoisotopic (exact) mass is 308 g/mol. The number of amides is 2. The molecule has 2 amide bonds. The number of carbonyl (C=O) groups excluding carboxylic acids is 1. The molecule has 1 aromatic heterocycles. The summed E-state index contributed by atoms with van der Waals surface area (Å²) in [4.78, 5) is 19.7. The number of anilines is 1. The van der Waals surface area contributed by atoms with Crippen LogP contribution in [0.25, 0.3) is 22.4 Å². The van der Waals surface area contributed by atoms with Crippen molar-refractivity contribution in [2.45, 2.75) is 26.3 Å². The Morgan fingerprint density at radius 1 is 1.04 bits per heavy atom. The van der Waals surface area contributed by atoms with Crippen molar-refractivity contribution in [1.82, 2.24) is 15.3 Å². The second-order valence-electron chi connectivity index (χ2n) is 6.51. The van der Waals surface area contributed by atoms with Crippen molar-refractivity contribution >= 4 is 22.8 Å². The largest absolute Gasteiger partial charge is 0.338 e. The minimum Gasteiger partial charge on any atom is -0.338 e. The Morgan fingerprint density at radius 3 is 2.39 bits per heavy atom. The molecule has 0 bridgehead atoms. The van der Waals surface area contributed by atoms with Gasteiger partial charge in [-0.3, -0.25) is 0 Å². The topological polar surface area (TPSA) is 69.8 Å². The zero-order valence-corrected chi connectivity index (χ0v) is 13.5. The molecule has 0 atom stereocenters. The molecule has 0 saturated carbocycles. The predicted molar refractivity (Wildman–Crippen MR) is 93.4 cm³/mol. The second kappa shape index (κ2) is 5.76. The highest BCUT2D eigenvalue weighted by molar-refractivity contribution is 5.90. The Kier molecular flexibility index (Phi) is 3.78. The fourth-order valence-electron chi connectivity index (χ4n) is 2.30. The molecule has 3 rings (SSSR count). The first kappa shape index (κ1) is 15.1. The van der Waals surface area contributed by atoms with Gasteiger partial charge in [-0.1, -0.05) is 12.1 Å². The number of fused-ring (bicyclic) bond motifs is 1. The smallest absolute Gasteiger partial charge is 0.319 e. The van der Waals surface area contributed by atoms with Crippen molar-refractivity contribution in [2.24, 2.45) is 0 Å². The standard InChI is InChI=1S/C18H20N4O/c1-18(2,3)22-17(23)19-13-10-8-12(9-11-13)16-20-14-6-4-5-7-15(14)21-16/h4-11H,1-3H3,(H,20,21)(H2,19,22,23). The number of H-pyrrole nitrogens is 1. The number of aromatic amines is 1. The molecule has 0 aliphatic rings. The summed E-state index contributed by atoms with van der Waals surface area (Å²) in [6.45, 7) is 5.83. The number of imidazole rings is 1. The minimum absolute atomic E-state index is 0.214. The molecule has 0 unspecified atom stereocenters. The minimum atomic E-state index is -0.266. The van der Waals surface area contributed by atoms with Crippen LogP contribution in [0, 0.1) is 0 Å². The Morgan fingerprint density at radius 2 is 1.74 bits per heavy atom. The van der Waals surface area contributed by atoms with Crippen LogP contribution in [-0.4, -0.2) is 21.5 Å². The van der Waals surface area contributed by atoms with E-state index in [0.29, 0.717) is 0 Å². The van der Waals surface area contributed by atoms with E-state index in [9.17, 15) is 4.79 Å². The van der Waals surface area contributed by atoms with Crippen molar-refractivity contribution in [2.75, 3.05) is 5.32 Å². The summed E-state index contributed by atoms with van der Waals surface area (Å²) in [7, 11) is 0. The molecular weight excluding hydrogens is 288 g/mol. The summed E-state index contributed by atoms with van der Waals surface area (Å²) in [6, 6.07) is 15.3. The third kappa shape index (κ3) is 3.69. The van der Waals surface area contributed by atoms with Gasteiger partial charge < -0.3 is 15.6 Å². The normalized spacial score (nSPS) is 11.4. The van der Waals surface area contributed by atoms with Gasteiger partial charge in [0.15, 0.2) is 0 Å². The van der Waals surface area contributed by atoms with Crippen LogP contribution < -0.4 is 10.6 Å². The predicted octanol–water partition coefficient (Wildman–Crippen LogP) is 4.15. The molecule has 0 aliphatic heterocycles. The summed E-state index contributed by atoms with van der Waals surface area (Å²) < 4.78 is 0. The summed E-state index contributed by atoms with van der Waals surface area (Å²) in [5.74, 6) is 0.817. The molecule has 0 radical (unpaired) electrons. The fourth-order valence-corrected chi connectivity index (χ4v) is 2.30. The van der Waals surface area contributed by atoms with E-state index in [1.807, 2.05) is 69.3 Å². The van der Waals surface area contributed by atoms with Crippen LogP contribution in [0.3, 0.4) is 0 Å². The van der Waals surface area contributed by atoms with E-state index in [-0.39, 0.29) is 11.6 Å². The zero-order chi connectivity index (χ0) is 16.4. The number of hydrogen-bond acceptors (Lipinski definition) is 2. The molecule has 5 nitrogen and oxygen atoms in total. The van der Waals surface area contributed by atoms with Gasteiger partial charge in [0.2, 0.25) is 0 Å². The highest BCUT2D eigenvalue weighted by Gasteiger charge is 2.13. The lowest BCUT2D eigenvalue weighted by Crippen LogP contribution is -2.43. The van der Waals surface area contributed by atoms with Gasteiger partial charge >= 0.3 is 6.03 Å². The van der Waals surface area contributed by atoms with Crippen LogP contribution in [0.4, 0.5) is 10.5 Å². The number of carbonyl (C=O) groups is 1. The van der Waals surface area contributed by atoms with E-state index in [0.717, 1.165) is 28.1 Å². The second-order valence-corrected chi connectivity index (χ2v) is 6.51.